The Labute approximate surface area is 104 Å². The largest absolute Gasteiger partial charge is 0.481 e. The van der Waals surface area contributed by atoms with Gasteiger partial charge in [0.1, 0.15) is 11.5 Å². The highest BCUT2D eigenvalue weighted by Gasteiger charge is 2.16. The molecule has 18 heavy (non-hydrogen) atoms. The molecule has 2 rings (SSSR count). The van der Waals surface area contributed by atoms with Gasteiger partial charge in [-0.25, -0.2) is 4.79 Å². The number of carbonyl (C=O) groups is 1. The van der Waals surface area contributed by atoms with Crippen LogP contribution >= 0.6 is 0 Å². The van der Waals surface area contributed by atoms with Crippen molar-refractivity contribution in [3.8, 4) is 5.75 Å². The first-order valence-corrected chi connectivity index (χ1v) is 5.49. The zero-order valence-electron chi connectivity index (χ0n) is 10.1. The molecule has 2 aromatic heterocycles. The Morgan fingerprint density at radius 1 is 1.44 bits per heavy atom. The van der Waals surface area contributed by atoms with Crippen LogP contribution in [0.5, 0.6) is 5.75 Å². The number of nitrogens with zero attached hydrogens (tertiary/aromatic N) is 1. The standard InChI is InChI=1S/C13H13NO4/c1-8-10(4-3-7-14-8)17-9(2)11-5-6-12(18-11)13(15)16/h3-7,9H,1-2H3,(H,15,16). The van der Waals surface area contributed by atoms with Gasteiger partial charge in [-0.1, -0.05) is 0 Å². The molecule has 0 amide bonds. The third kappa shape index (κ3) is 2.51. The molecule has 1 atom stereocenters. The number of furan rings is 1. The summed E-state index contributed by atoms with van der Waals surface area (Å²) in [6.45, 7) is 3.63. The van der Waals surface area contributed by atoms with Crippen molar-refractivity contribution in [2.24, 2.45) is 0 Å². The lowest BCUT2D eigenvalue weighted by atomic mass is 10.3. The lowest BCUT2D eigenvalue weighted by Gasteiger charge is -2.13. The SMILES string of the molecule is Cc1ncccc1OC(C)c1ccc(C(=O)O)o1. The lowest BCUT2D eigenvalue weighted by molar-refractivity contribution is 0.0655. The maximum atomic E-state index is 10.7. The summed E-state index contributed by atoms with van der Waals surface area (Å²) < 4.78 is 10.8. The first-order valence-electron chi connectivity index (χ1n) is 5.49. The fraction of sp³-hybridized carbons (Fsp3) is 0.231. The predicted molar refractivity (Wildman–Crippen MR) is 63.7 cm³/mol. The number of rotatable bonds is 4. The Kier molecular flexibility index (Phi) is 3.32. The number of pyridine rings is 1. The van der Waals surface area contributed by atoms with Gasteiger partial charge < -0.3 is 14.3 Å². The molecular formula is C13H13NO4. The molecule has 2 aromatic rings. The van der Waals surface area contributed by atoms with Crippen molar-refractivity contribution in [1.82, 2.24) is 4.98 Å². The highest BCUT2D eigenvalue weighted by molar-refractivity contribution is 5.84. The van der Waals surface area contributed by atoms with E-state index in [0.29, 0.717) is 11.5 Å². The highest BCUT2D eigenvalue weighted by atomic mass is 16.5. The first-order chi connectivity index (χ1) is 8.58. The quantitative estimate of drug-likeness (QED) is 0.899. The summed E-state index contributed by atoms with van der Waals surface area (Å²) in [5.41, 5.74) is 0.773. The van der Waals surface area contributed by atoms with E-state index in [0.717, 1.165) is 5.69 Å². The lowest BCUT2D eigenvalue weighted by Crippen LogP contribution is -2.03. The molecule has 0 aromatic carbocycles. The number of hydrogen-bond acceptors (Lipinski definition) is 4. The average Bonchev–Trinajstić information content (AvgIpc) is 2.81. The fourth-order valence-corrected chi connectivity index (χ4v) is 1.53. The molecule has 0 bridgehead atoms. The minimum atomic E-state index is -1.09. The van der Waals surface area contributed by atoms with Crippen LogP contribution in [0.25, 0.3) is 0 Å². The number of carboxylic acid groups (broad SMARTS) is 1. The second-order valence-corrected chi connectivity index (χ2v) is 3.85. The predicted octanol–water partition coefficient (Wildman–Crippen LogP) is 2.82. The Morgan fingerprint density at radius 3 is 2.83 bits per heavy atom. The maximum Gasteiger partial charge on any atom is 0.371 e. The maximum absolute atomic E-state index is 10.7. The van der Waals surface area contributed by atoms with Gasteiger partial charge in [-0.05, 0) is 38.1 Å². The second-order valence-electron chi connectivity index (χ2n) is 3.85. The number of hydrogen-bond donors (Lipinski definition) is 1. The molecule has 5 nitrogen and oxygen atoms in total. The average molecular weight is 247 g/mol. The van der Waals surface area contributed by atoms with Crippen LogP contribution in [-0.2, 0) is 0 Å². The number of aryl methyl sites for hydroxylation is 1. The van der Waals surface area contributed by atoms with E-state index in [2.05, 4.69) is 4.98 Å². The van der Waals surface area contributed by atoms with Gasteiger partial charge in [-0.15, -0.1) is 0 Å². The Hall–Kier alpha value is -2.30. The van der Waals surface area contributed by atoms with Crippen LogP contribution in [0, 0.1) is 6.92 Å². The minimum absolute atomic E-state index is 0.0941. The smallest absolute Gasteiger partial charge is 0.371 e. The van der Waals surface area contributed by atoms with Crippen LogP contribution in [-0.4, -0.2) is 16.1 Å². The van der Waals surface area contributed by atoms with Crippen molar-refractivity contribution in [1.29, 1.82) is 0 Å². The Morgan fingerprint density at radius 2 is 2.22 bits per heavy atom. The molecule has 0 radical (unpaired) electrons. The molecule has 0 aliphatic heterocycles. The van der Waals surface area contributed by atoms with Crippen LogP contribution in [0.15, 0.2) is 34.9 Å². The zero-order chi connectivity index (χ0) is 13.1. The van der Waals surface area contributed by atoms with E-state index < -0.39 is 5.97 Å². The minimum Gasteiger partial charge on any atom is -0.481 e. The van der Waals surface area contributed by atoms with Gasteiger partial charge in [0.15, 0.2) is 6.10 Å². The molecule has 1 N–H and O–H groups in total. The van der Waals surface area contributed by atoms with Gasteiger partial charge in [-0.3, -0.25) is 4.98 Å². The molecule has 0 fully saturated rings. The molecule has 1 unspecified atom stereocenters. The van der Waals surface area contributed by atoms with E-state index in [1.807, 2.05) is 6.92 Å². The zero-order valence-corrected chi connectivity index (χ0v) is 10.1. The molecule has 2 heterocycles. The summed E-state index contributed by atoms with van der Waals surface area (Å²) in [7, 11) is 0. The van der Waals surface area contributed by atoms with Gasteiger partial charge in [0.05, 0.1) is 5.69 Å². The highest BCUT2D eigenvalue weighted by Crippen LogP contribution is 2.24. The Balaban J connectivity index is 2.14. The summed E-state index contributed by atoms with van der Waals surface area (Å²) >= 11 is 0. The number of aromatic nitrogens is 1. The molecule has 0 spiro atoms. The summed E-state index contributed by atoms with van der Waals surface area (Å²) in [6, 6.07) is 6.59. The third-order valence-corrected chi connectivity index (χ3v) is 2.50. The van der Waals surface area contributed by atoms with E-state index >= 15 is 0 Å². The fourth-order valence-electron chi connectivity index (χ4n) is 1.53. The van der Waals surface area contributed by atoms with E-state index in [1.54, 1.807) is 31.3 Å². The van der Waals surface area contributed by atoms with Gasteiger partial charge in [0.25, 0.3) is 0 Å². The van der Waals surface area contributed by atoms with E-state index in [-0.39, 0.29) is 11.9 Å². The summed E-state index contributed by atoms with van der Waals surface area (Å²) in [5.74, 6) is -0.0664. The van der Waals surface area contributed by atoms with Crippen molar-refractivity contribution in [2.45, 2.75) is 20.0 Å². The molecule has 0 saturated carbocycles. The summed E-state index contributed by atoms with van der Waals surface area (Å²) in [5, 5.41) is 8.77. The van der Waals surface area contributed by atoms with Crippen LogP contribution in [0.4, 0.5) is 0 Å². The van der Waals surface area contributed by atoms with Gasteiger partial charge >= 0.3 is 5.97 Å². The van der Waals surface area contributed by atoms with Crippen molar-refractivity contribution < 1.29 is 19.1 Å². The topological polar surface area (TPSA) is 72.6 Å². The van der Waals surface area contributed by atoms with Crippen LogP contribution in [0.1, 0.15) is 35.0 Å². The van der Waals surface area contributed by atoms with Gasteiger partial charge in [0.2, 0.25) is 5.76 Å². The van der Waals surface area contributed by atoms with Gasteiger partial charge in [-0.2, -0.15) is 0 Å². The van der Waals surface area contributed by atoms with Gasteiger partial charge in [0, 0.05) is 6.20 Å². The second kappa shape index (κ2) is 4.91. The number of carboxylic acids is 1. The summed E-state index contributed by atoms with van der Waals surface area (Å²) in [4.78, 5) is 14.8. The monoisotopic (exact) mass is 247 g/mol. The molecule has 94 valence electrons. The molecular weight excluding hydrogens is 234 g/mol. The van der Waals surface area contributed by atoms with Crippen LogP contribution in [0.3, 0.4) is 0 Å². The first kappa shape index (κ1) is 12.2. The normalized spacial score (nSPS) is 12.1. The summed E-state index contributed by atoms with van der Waals surface area (Å²) in [6.07, 6.45) is 1.31. The molecule has 0 saturated heterocycles. The van der Waals surface area contributed by atoms with Crippen molar-refractivity contribution in [3.63, 3.8) is 0 Å². The molecule has 0 aliphatic rings. The van der Waals surface area contributed by atoms with E-state index in [9.17, 15) is 4.79 Å². The number of aromatic carboxylic acids is 1. The van der Waals surface area contributed by atoms with Crippen molar-refractivity contribution >= 4 is 5.97 Å². The van der Waals surface area contributed by atoms with Crippen molar-refractivity contribution in [2.75, 3.05) is 0 Å². The molecule has 5 heteroatoms. The van der Waals surface area contributed by atoms with Crippen molar-refractivity contribution in [3.05, 3.63) is 47.7 Å². The van der Waals surface area contributed by atoms with E-state index in [1.165, 1.54) is 6.07 Å². The molecule has 0 aliphatic carbocycles. The third-order valence-electron chi connectivity index (χ3n) is 2.50. The van der Waals surface area contributed by atoms with Crippen LogP contribution in [0.2, 0.25) is 0 Å². The van der Waals surface area contributed by atoms with E-state index in [4.69, 9.17) is 14.3 Å². The van der Waals surface area contributed by atoms with Crippen LogP contribution < -0.4 is 4.74 Å². The Bertz CT molecular complexity index is 562. The number of ether oxygens (including phenoxy) is 1.